The number of hydrogen-bond donors (Lipinski definition) is 2. The molecular formula is C15H16N2O5S. The summed E-state index contributed by atoms with van der Waals surface area (Å²) in [5.74, 6) is -2.31. The third-order valence-corrected chi connectivity index (χ3v) is 4.01. The molecule has 2 aromatic heterocycles. The van der Waals surface area contributed by atoms with Gasteiger partial charge >= 0.3 is 5.97 Å². The molecule has 2 amide bonds. The highest BCUT2D eigenvalue weighted by molar-refractivity contribution is 7.14. The second-order valence-corrected chi connectivity index (χ2v) is 5.94. The fraction of sp³-hybridized carbons (Fsp3) is 0.267. The maximum atomic E-state index is 12.4. The van der Waals surface area contributed by atoms with Crippen molar-refractivity contribution < 1.29 is 23.9 Å². The number of amides is 2. The number of aliphatic carboxylic acids is 1. The topological polar surface area (TPSA) is 99.9 Å². The SMILES string of the molecule is CC(CN(C)C(=O)c1ccsc1NC(=O)c1ccco1)C(=O)O. The molecule has 0 aliphatic rings. The average molecular weight is 336 g/mol. The van der Waals surface area contributed by atoms with E-state index in [9.17, 15) is 14.4 Å². The van der Waals surface area contributed by atoms with Crippen molar-refractivity contribution in [3.05, 3.63) is 41.2 Å². The lowest BCUT2D eigenvalue weighted by Crippen LogP contribution is -2.33. The summed E-state index contributed by atoms with van der Waals surface area (Å²) < 4.78 is 5.00. The molecule has 2 heterocycles. The van der Waals surface area contributed by atoms with Crippen LogP contribution in [0, 0.1) is 5.92 Å². The van der Waals surface area contributed by atoms with Crippen LogP contribution in [0.2, 0.25) is 0 Å². The van der Waals surface area contributed by atoms with Crippen molar-refractivity contribution in [1.29, 1.82) is 0 Å². The minimum Gasteiger partial charge on any atom is -0.481 e. The van der Waals surface area contributed by atoms with Gasteiger partial charge in [0.2, 0.25) is 0 Å². The summed E-state index contributed by atoms with van der Waals surface area (Å²) in [6, 6.07) is 4.70. The van der Waals surface area contributed by atoms with E-state index in [1.165, 1.54) is 42.5 Å². The van der Waals surface area contributed by atoms with E-state index in [-0.39, 0.29) is 18.2 Å². The molecule has 2 N–H and O–H groups in total. The molecule has 122 valence electrons. The smallest absolute Gasteiger partial charge is 0.308 e. The van der Waals surface area contributed by atoms with Gasteiger partial charge in [-0.15, -0.1) is 11.3 Å². The third kappa shape index (κ3) is 3.98. The number of nitrogens with one attached hydrogen (secondary N) is 1. The Morgan fingerprint density at radius 3 is 2.74 bits per heavy atom. The summed E-state index contributed by atoms with van der Waals surface area (Å²) >= 11 is 1.21. The maximum absolute atomic E-state index is 12.4. The van der Waals surface area contributed by atoms with Crippen LogP contribution in [0.15, 0.2) is 34.3 Å². The number of thiophene rings is 1. The number of furan rings is 1. The van der Waals surface area contributed by atoms with Gasteiger partial charge in [-0.25, -0.2) is 0 Å². The largest absolute Gasteiger partial charge is 0.481 e. The summed E-state index contributed by atoms with van der Waals surface area (Å²) in [4.78, 5) is 36.6. The first-order valence-corrected chi connectivity index (χ1v) is 7.68. The molecule has 2 rings (SSSR count). The number of hydrogen-bond acceptors (Lipinski definition) is 5. The van der Waals surface area contributed by atoms with Crippen LogP contribution in [0.3, 0.4) is 0 Å². The number of rotatable bonds is 6. The zero-order valence-corrected chi connectivity index (χ0v) is 13.4. The van der Waals surface area contributed by atoms with Gasteiger partial charge in [0, 0.05) is 13.6 Å². The van der Waals surface area contributed by atoms with Crippen LogP contribution in [-0.2, 0) is 4.79 Å². The molecule has 23 heavy (non-hydrogen) atoms. The number of carboxylic acid groups (broad SMARTS) is 1. The van der Waals surface area contributed by atoms with E-state index in [0.717, 1.165) is 0 Å². The number of carboxylic acids is 1. The van der Waals surface area contributed by atoms with Gasteiger partial charge in [-0.3, -0.25) is 14.4 Å². The molecule has 0 aliphatic heterocycles. The van der Waals surface area contributed by atoms with E-state index in [4.69, 9.17) is 9.52 Å². The van der Waals surface area contributed by atoms with Crippen LogP contribution in [0.1, 0.15) is 27.8 Å². The number of carbonyl (C=O) groups excluding carboxylic acids is 2. The van der Waals surface area contributed by atoms with Crippen LogP contribution in [0.5, 0.6) is 0 Å². The van der Waals surface area contributed by atoms with Crippen LogP contribution < -0.4 is 5.32 Å². The first kappa shape index (κ1) is 16.8. The summed E-state index contributed by atoms with van der Waals surface area (Å²) in [6.45, 7) is 1.61. The minimum atomic E-state index is -0.971. The lowest BCUT2D eigenvalue weighted by molar-refractivity contribution is -0.141. The Kier molecular flexibility index (Phi) is 5.17. The second kappa shape index (κ2) is 7.10. The van der Waals surface area contributed by atoms with Crippen LogP contribution in [-0.4, -0.2) is 41.4 Å². The monoisotopic (exact) mass is 336 g/mol. The molecule has 0 radical (unpaired) electrons. The van der Waals surface area contributed by atoms with Gasteiger partial charge in [0.25, 0.3) is 11.8 Å². The van der Waals surface area contributed by atoms with Gasteiger partial charge in [0.15, 0.2) is 5.76 Å². The van der Waals surface area contributed by atoms with E-state index < -0.39 is 17.8 Å². The second-order valence-electron chi connectivity index (χ2n) is 5.02. The summed E-state index contributed by atoms with van der Waals surface area (Å²) in [6.07, 6.45) is 1.39. The van der Waals surface area contributed by atoms with Crippen LogP contribution in [0.25, 0.3) is 0 Å². The zero-order valence-electron chi connectivity index (χ0n) is 12.6. The number of anilines is 1. The molecular weight excluding hydrogens is 320 g/mol. The highest BCUT2D eigenvalue weighted by Crippen LogP contribution is 2.25. The first-order chi connectivity index (χ1) is 10.9. The Morgan fingerprint density at radius 2 is 2.13 bits per heavy atom. The molecule has 8 heteroatoms. The highest BCUT2D eigenvalue weighted by Gasteiger charge is 2.22. The molecule has 1 atom stereocenters. The molecule has 0 aromatic carbocycles. The standard InChI is InChI=1S/C15H16N2O5S/c1-9(15(20)21)8-17(2)14(19)10-5-7-23-13(10)16-12(18)11-4-3-6-22-11/h3-7,9H,8H2,1-2H3,(H,16,18)(H,20,21). The molecule has 0 fully saturated rings. The van der Waals surface area contributed by atoms with Gasteiger partial charge in [0.05, 0.1) is 17.7 Å². The van der Waals surface area contributed by atoms with Crippen LogP contribution >= 0.6 is 11.3 Å². The predicted molar refractivity (Wildman–Crippen MR) is 84.7 cm³/mol. The Balaban J connectivity index is 2.09. The molecule has 0 aliphatic carbocycles. The quantitative estimate of drug-likeness (QED) is 0.843. The highest BCUT2D eigenvalue weighted by atomic mass is 32.1. The van der Waals surface area contributed by atoms with E-state index in [0.29, 0.717) is 10.6 Å². The van der Waals surface area contributed by atoms with Gasteiger partial charge in [-0.05, 0) is 23.6 Å². The lowest BCUT2D eigenvalue weighted by atomic mass is 10.1. The number of nitrogens with zero attached hydrogens (tertiary/aromatic N) is 1. The molecule has 7 nitrogen and oxygen atoms in total. The van der Waals surface area contributed by atoms with Gasteiger partial charge in [-0.2, -0.15) is 0 Å². The predicted octanol–water partition coefficient (Wildman–Crippen LogP) is 2.39. The Labute approximate surface area is 136 Å². The Hall–Kier alpha value is -2.61. The average Bonchev–Trinajstić information content (AvgIpc) is 3.17. The van der Waals surface area contributed by atoms with Crippen molar-refractivity contribution in [2.75, 3.05) is 18.9 Å². The normalized spacial score (nSPS) is 11.7. The van der Waals surface area contributed by atoms with Crippen molar-refractivity contribution in [2.24, 2.45) is 5.92 Å². The molecule has 0 saturated heterocycles. The minimum absolute atomic E-state index is 0.0790. The summed E-state index contributed by atoms with van der Waals surface area (Å²) in [5, 5.41) is 13.6. The zero-order chi connectivity index (χ0) is 17.0. The van der Waals surface area contributed by atoms with Gasteiger partial charge in [0.1, 0.15) is 5.00 Å². The van der Waals surface area contributed by atoms with Crippen molar-refractivity contribution >= 4 is 34.1 Å². The third-order valence-electron chi connectivity index (χ3n) is 3.18. The van der Waals surface area contributed by atoms with E-state index in [1.54, 1.807) is 17.5 Å². The van der Waals surface area contributed by atoms with Gasteiger partial charge < -0.3 is 19.7 Å². The Bertz CT molecular complexity index is 707. The molecule has 0 saturated carbocycles. The van der Waals surface area contributed by atoms with E-state index >= 15 is 0 Å². The van der Waals surface area contributed by atoms with Crippen molar-refractivity contribution in [3.8, 4) is 0 Å². The van der Waals surface area contributed by atoms with Crippen molar-refractivity contribution in [3.63, 3.8) is 0 Å². The molecule has 0 spiro atoms. The van der Waals surface area contributed by atoms with E-state index in [1.807, 2.05) is 0 Å². The fourth-order valence-electron chi connectivity index (χ4n) is 1.92. The molecule has 1 unspecified atom stereocenters. The summed E-state index contributed by atoms with van der Waals surface area (Å²) in [5.41, 5.74) is 0.315. The van der Waals surface area contributed by atoms with Crippen molar-refractivity contribution in [1.82, 2.24) is 4.90 Å². The Morgan fingerprint density at radius 1 is 1.39 bits per heavy atom. The molecule has 2 aromatic rings. The maximum Gasteiger partial charge on any atom is 0.308 e. The van der Waals surface area contributed by atoms with Crippen LogP contribution in [0.4, 0.5) is 5.00 Å². The lowest BCUT2D eigenvalue weighted by Gasteiger charge is -2.19. The van der Waals surface area contributed by atoms with E-state index in [2.05, 4.69) is 5.32 Å². The van der Waals surface area contributed by atoms with Crippen molar-refractivity contribution in [2.45, 2.75) is 6.92 Å². The molecule has 0 bridgehead atoms. The fourth-order valence-corrected chi connectivity index (χ4v) is 2.70. The number of carbonyl (C=O) groups is 3. The van der Waals surface area contributed by atoms with Gasteiger partial charge in [-0.1, -0.05) is 6.92 Å². The first-order valence-electron chi connectivity index (χ1n) is 6.80. The summed E-state index contributed by atoms with van der Waals surface area (Å²) in [7, 11) is 1.53.